The summed E-state index contributed by atoms with van der Waals surface area (Å²) in [7, 11) is 1.38. The van der Waals surface area contributed by atoms with E-state index in [4.69, 9.17) is 0 Å². The highest BCUT2D eigenvalue weighted by atomic mass is 16.5. The van der Waals surface area contributed by atoms with Crippen molar-refractivity contribution in [3.63, 3.8) is 0 Å². The number of unbranched alkanes of at least 4 members (excludes halogenated alkanes) is 1. The van der Waals surface area contributed by atoms with Crippen LogP contribution in [-0.2, 0) is 9.53 Å². The Morgan fingerprint density at radius 1 is 1.31 bits per heavy atom. The summed E-state index contributed by atoms with van der Waals surface area (Å²) in [5, 5.41) is 10.2. The van der Waals surface area contributed by atoms with Crippen molar-refractivity contribution in [3.8, 4) is 0 Å². The molecule has 3 heteroatoms. The van der Waals surface area contributed by atoms with Gasteiger partial charge in [-0.2, -0.15) is 0 Å². The summed E-state index contributed by atoms with van der Waals surface area (Å²) >= 11 is 0. The second kappa shape index (κ2) is 8.11. The summed E-state index contributed by atoms with van der Waals surface area (Å²) in [4.78, 5) is 10.9. The van der Waals surface area contributed by atoms with E-state index in [2.05, 4.69) is 17.9 Å². The molecule has 16 heavy (non-hydrogen) atoms. The first-order valence-electron chi connectivity index (χ1n) is 5.59. The van der Waals surface area contributed by atoms with Crippen LogP contribution in [-0.4, -0.2) is 23.8 Å². The molecular weight excluding hydrogens is 204 g/mol. The number of esters is 1. The van der Waals surface area contributed by atoms with E-state index in [9.17, 15) is 9.90 Å². The minimum absolute atomic E-state index is 0.198. The van der Waals surface area contributed by atoms with Crippen LogP contribution < -0.4 is 0 Å². The number of carbonyl (C=O) groups is 1. The van der Waals surface area contributed by atoms with E-state index >= 15 is 0 Å². The fourth-order valence-electron chi connectivity index (χ4n) is 1.65. The second-order valence-corrected chi connectivity index (χ2v) is 3.99. The van der Waals surface area contributed by atoms with Crippen molar-refractivity contribution in [2.75, 3.05) is 7.11 Å². The molecule has 0 aromatic rings. The molecule has 92 valence electrons. The highest BCUT2D eigenvalue weighted by molar-refractivity contribution is 5.68. The van der Waals surface area contributed by atoms with Crippen molar-refractivity contribution in [2.24, 2.45) is 0 Å². The van der Waals surface area contributed by atoms with Gasteiger partial charge in [-0.3, -0.25) is 4.79 Å². The van der Waals surface area contributed by atoms with Gasteiger partial charge in [-0.05, 0) is 32.1 Å². The molecule has 3 nitrogen and oxygen atoms in total. The molecule has 0 saturated heterocycles. The Bertz CT molecular complexity index is 223. The zero-order chi connectivity index (χ0) is 12.4. The maximum atomic E-state index is 10.9. The summed E-state index contributed by atoms with van der Waals surface area (Å²) in [5.74, 6) is -0.198. The molecule has 0 aromatic heterocycles. The fourth-order valence-corrected chi connectivity index (χ4v) is 1.65. The first kappa shape index (κ1) is 14.9. The normalized spacial score (nSPS) is 10.9. The lowest BCUT2D eigenvalue weighted by Crippen LogP contribution is -2.27. The van der Waals surface area contributed by atoms with E-state index < -0.39 is 5.60 Å². The number of carbonyl (C=O) groups excluding carboxylic acids is 1. The van der Waals surface area contributed by atoms with Gasteiger partial charge in [-0.25, -0.2) is 0 Å². The van der Waals surface area contributed by atoms with Crippen molar-refractivity contribution in [3.05, 3.63) is 25.3 Å². The Balaban J connectivity index is 3.88. The smallest absolute Gasteiger partial charge is 0.305 e. The van der Waals surface area contributed by atoms with Crippen molar-refractivity contribution >= 4 is 5.97 Å². The molecular formula is C13H22O3. The summed E-state index contributed by atoms with van der Waals surface area (Å²) < 4.78 is 4.54. The lowest BCUT2D eigenvalue weighted by molar-refractivity contribution is -0.140. The minimum atomic E-state index is -0.750. The van der Waals surface area contributed by atoms with Crippen LogP contribution in [0, 0.1) is 0 Å². The molecule has 1 N–H and O–H groups in total. The van der Waals surface area contributed by atoms with Crippen molar-refractivity contribution in [2.45, 2.75) is 44.1 Å². The highest BCUT2D eigenvalue weighted by Gasteiger charge is 2.22. The van der Waals surface area contributed by atoms with E-state index in [0.29, 0.717) is 25.7 Å². The van der Waals surface area contributed by atoms with Crippen molar-refractivity contribution in [1.82, 2.24) is 0 Å². The molecule has 0 rings (SSSR count). The topological polar surface area (TPSA) is 46.5 Å². The Hall–Kier alpha value is -1.09. The van der Waals surface area contributed by atoms with E-state index in [-0.39, 0.29) is 5.97 Å². The molecule has 0 aliphatic heterocycles. The van der Waals surface area contributed by atoms with Gasteiger partial charge < -0.3 is 9.84 Å². The van der Waals surface area contributed by atoms with Gasteiger partial charge in [0.15, 0.2) is 0 Å². The lowest BCUT2D eigenvalue weighted by Gasteiger charge is -2.25. The van der Waals surface area contributed by atoms with E-state index in [0.717, 1.165) is 12.8 Å². The van der Waals surface area contributed by atoms with Gasteiger partial charge in [0, 0.05) is 6.42 Å². The molecule has 0 radical (unpaired) electrons. The number of hydrogen-bond acceptors (Lipinski definition) is 3. The lowest BCUT2D eigenvalue weighted by atomic mass is 9.89. The van der Waals surface area contributed by atoms with Gasteiger partial charge >= 0.3 is 5.97 Å². The summed E-state index contributed by atoms with van der Waals surface area (Å²) in [6.45, 7) is 7.26. The third kappa shape index (κ3) is 6.40. The molecule has 0 heterocycles. The van der Waals surface area contributed by atoms with Crippen molar-refractivity contribution in [1.29, 1.82) is 0 Å². The van der Waals surface area contributed by atoms with E-state index in [1.807, 2.05) is 0 Å². The van der Waals surface area contributed by atoms with Crippen LogP contribution in [0.1, 0.15) is 38.5 Å². The largest absolute Gasteiger partial charge is 0.469 e. The molecule has 0 atom stereocenters. The monoisotopic (exact) mass is 226 g/mol. The Morgan fingerprint density at radius 2 is 1.88 bits per heavy atom. The summed E-state index contributed by atoms with van der Waals surface area (Å²) in [6, 6.07) is 0. The molecule has 0 unspecified atom stereocenters. The number of hydrogen-bond donors (Lipinski definition) is 1. The van der Waals surface area contributed by atoms with Crippen LogP contribution in [0.3, 0.4) is 0 Å². The third-order valence-electron chi connectivity index (χ3n) is 2.55. The molecule has 0 saturated carbocycles. The predicted octanol–water partition coefficient (Wildman–Crippen LogP) is 2.60. The summed E-state index contributed by atoms with van der Waals surface area (Å²) in [6.07, 6.45) is 7.13. The molecule has 0 aromatic carbocycles. The Kier molecular flexibility index (Phi) is 7.56. The maximum Gasteiger partial charge on any atom is 0.305 e. The molecule has 0 aliphatic carbocycles. The predicted molar refractivity (Wildman–Crippen MR) is 65.1 cm³/mol. The van der Waals surface area contributed by atoms with Gasteiger partial charge in [-0.1, -0.05) is 12.2 Å². The van der Waals surface area contributed by atoms with Gasteiger partial charge in [0.2, 0.25) is 0 Å². The van der Waals surface area contributed by atoms with Crippen LogP contribution >= 0.6 is 0 Å². The third-order valence-corrected chi connectivity index (χ3v) is 2.55. The molecule has 0 bridgehead atoms. The molecule has 0 amide bonds. The first-order chi connectivity index (χ1) is 7.58. The minimum Gasteiger partial charge on any atom is -0.469 e. The molecule has 0 spiro atoms. The van der Waals surface area contributed by atoms with Crippen molar-refractivity contribution < 1.29 is 14.6 Å². The van der Waals surface area contributed by atoms with Crippen LogP contribution in [0.15, 0.2) is 25.3 Å². The average Bonchev–Trinajstić information content (AvgIpc) is 2.25. The molecule has 0 fully saturated rings. The first-order valence-corrected chi connectivity index (χ1v) is 5.59. The van der Waals surface area contributed by atoms with Crippen LogP contribution in [0.5, 0.6) is 0 Å². The maximum absolute atomic E-state index is 10.9. The average molecular weight is 226 g/mol. The quantitative estimate of drug-likeness (QED) is 0.373. The van der Waals surface area contributed by atoms with Gasteiger partial charge in [0.05, 0.1) is 12.7 Å². The number of rotatable bonds is 9. The molecule has 0 aliphatic rings. The van der Waals surface area contributed by atoms with E-state index in [1.165, 1.54) is 7.11 Å². The Labute approximate surface area is 97.8 Å². The van der Waals surface area contributed by atoms with E-state index in [1.54, 1.807) is 12.2 Å². The number of methoxy groups -OCH3 is 1. The zero-order valence-electron chi connectivity index (χ0n) is 10.1. The van der Waals surface area contributed by atoms with Crippen LogP contribution in [0.4, 0.5) is 0 Å². The standard InChI is InChI=1S/C13H22O3/c1-4-9-13(15,10-5-2)11-7-6-8-12(14)16-3/h4-5,15H,1-2,6-11H2,3H3. The zero-order valence-corrected chi connectivity index (χ0v) is 10.1. The van der Waals surface area contributed by atoms with Crippen LogP contribution in [0.25, 0.3) is 0 Å². The Morgan fingerprint density at radius 3 is 2.31 bits per heavy atom. The number of ether oxygens (including phenoxy) is 1. The van der Waals surface area contributed by atoms with Gasteiger partial charge in [0.1, 0.15) is 0 Å². The SMILES string of the molecule is C=CCC(O)(CC=C)CCCCC(=O)OC. The fraction of sp³-hybridized carbons (Fsp3) is 0.615. The van der Waals surface area contributed by atoms with Crippen LogP contribution in [0.2, 0.25) is 0 Å². The van der Waals surface area contributed by atoms with Gasteiger partial charge in [-0.15, -0.1) is 13.2 Å². The second-order valence-electron chi connectivity index (χ2n) is 3.99. The van der Waals surface area contributed by atoms with Gasteiger partial charge in [0.25, 0.3) is 0 Å². The summed E-state index contributed by atoms with van der Waals surface area (Å²) in [5.41, 5.74) is -0.750. The highest BCUT2D eigenvalue weighted by Crippen LogP contribution is 2.23. The number of aliphatic hydroxyl groups is 1.